The molecule has 2 fully saturated rings. The van der Waals surface area contributed by atoms with Crippen LogP contribution >= 0.6 is 0 Å². The number of aromatic nitrogens is 1. The van der Waals surface area contributed by atoms with E-state index < -0.39 is 0 Å². The Morgan fingerprint density at radius 2 is 2.04 bits per heavy atom. The summed E-state index contributed by atoms with van der Waals surface area (Å²) in [6.07, 6.45) is 10.4. The lowest BCUT2D eigenvalue weighted by Gasteiger charge is -2.47. The maximum atomic E-state index is 12.6. The summed E-state index contributed by atoms with van der Waals surface area (Å²) in [6, 6.07) is 4.07. The number of aliphatic hydroxyl groups excluding tert-OH is 1. The molecule has 5 nitrogen and oxygen atoms in total. The van der Waals surface area contributed by atoms with E-state index in [2.05, 4.69) is 16.5 Å². The highest BCUT2D eigenvalue weighted by molar-refractivity contribution is 5.94. The topological polar surface area (TPSA) is 56.7 Å². The third-order valence-corrected chi connectivity index (χ3v) is 5.80. The number of nitrogens with zero attached hydrogens (tertiary/aromatic N) is 3. The van der Waals surface area contributed by atoms with E-state index in [0.29, 0.717) is 6.04 Å². The Bertz CT molecular complexity index is 584. The fourth-order valence-corrected chi connectivity index (χ4v) is 4.34. The summed E-state index contributed by atoms with van der Waals surface area (Å²) in [7, 11) is 0. The highest BCUT2D eigenvalue weighted by atomic mass is 16.3. The van der Waals surface area contributed by atoms with Crippen molar-refractivity contribution in [3.63, 3.8) is 0 Å². The quantitative estimate of drug-likeness (QED) is 0.834. The van der Waals surface area contributed by atoms with E-state index in [1.165, 1.54) is 0 Å². The lowest BCUT2D eigenvalue weighted by Crippen LogP contribution is -2.53. The number of hydrogen-bond acceptors (Lipinski definition) is 4. The van der Waals surface area contributed by atoms with Crippen LogP contribution in [0.3, 0.4) is 0 Å². The summed E-state index contributed by atoms with van der Waals surface area (Å²) >= 11 is 0. The fraction of sp³-hybridized carbons (Fsp3) is 0.600. The Balaban J connectivity index is 1.57. The van der Waals surface area contributed by atoms with Crippen LogP contribution < -0.4 is 0 Å². The van der Waals surface area contributed by atoms with Crippen LogP contribution in [0.25, 0.3) is 0 Å². The molecule has 5 heteroatoms. The summed E-state index contributed by atoms with van der Waals surface area (Å²) in [6.45, 7) is 7.74. The highest BCUT2D eigenvalue weighted by Gasteiger charge is 2.37. The van der Waals surface area contributed by atoms with Crippen molar-refractivity contribution in [2.24, 2.45) is 5.41 Å². The maximum absolute atomic E-state index is 12.6. The van der Waals surface area contributed by atoms with Gasteiger partial charge in [0.15, 0.2) is 0 Å². The third-order valence-electron chi connectivity index (χ3n) is 5.80. The molecule has 0 radical (unpaired) electrons. The van der Waals surface area contributed by atoms with Crippen molar-refractivity contribution < 1.29 is 9.90 Å². The summed E-state index contributed by atoms with van der Waals surface area (Å²) < 4.78 is 0. The van der Waals surface area contributed by atoms with Crippen LogP contribution in [0.2, 0.25) is 0 Å². The molecule has 0 bridgehead atoms. The SMILES string of the molecule is C=CCC1(CO)CCCN(C2CCN(C(=O)c3ccncc3)CC2)C1. The molecular formula is C20H29N3O2. The number of carbonyl (C=O) groups excluding carboxylic acids is 1. The smallest absolute Gasteiger partial charge is 0.253 e. The van der Waals surface area contributed by atoms with Gasteiger partial charge in [0.1, 0.15) is 0 Å². The van der Waals surface area contributed by atoms with Crippen LogP contribution in [0.1, 0.15) is 42.5 Å². The van der Waals surface area contributed by atoms with Crippen LogP contribution in [0, 0.1) is 5.41 Å². The summed E-state index contributed by atoms with van der Waals surface area (Å²) in [4.78, 5) is 21.0. The average Bonchev–Trinajstić information content (AvgIpc) is 2.68. The largest absolute Gasteiger partial charge is 0.396 e. The summed E-state index contributed by atoms with van der Waals surface area (Å²) in [5, 5.41) is 9.90. The number of piperidine rings is 2. The number of hydrogen-bond donors (Lipinski definition) is 1. The van der Waals surface area contributed by atoms with Crippen LogP contribution in [-0.4, -0.2) is 64.6 Å². The van der Waals surface area contributed by atoms with Crippen molar-refractivity contribution in [1.82, 2.24) is 14.8 Å². The van der Waals surface area contributed by atoms with Crippen LogP contribution in [0.5, 0.6) is 0 Å². The maximum Gasteiger partial charge on any atom is 0.253 e. The predicted octanol–water partition coefficient (Wildman–Crippen LogP) is 2.34. The second-order valence-electron chi connectivity index (χ2n) is 7.48. The van der Waals surface area contributed by atoms with Crippen LogP contribution in [-0.2, 0) is 0 Å². The molecule has 3 heterocycles. The highest BCUT2D eigenvalue weighted by Crippen LogP contribution is 2.35. The molecule has 0 spiro atoms. The molecule has 136 valence electrons. The van der Waals surface area contributed by atoms with E-state index in [1.807, 2.05) is 11.0 Å². The van der Waals surface area contributed by atoms with Gasteiger partial charge in [-0.2, -0.15) is 0 Å². The van der Waals surface area contributed by atoms with Gasteiger partial charge in [-0.15, -0.1) is 6.58 Å². The van der Waals surface area contributed by atoms with Gasteiger partial charge in [-0.25, -0.2) is 0 Å². The van der Waals surface area contributed by atoms with Crippen molar-refractivity contribution in [1.29, 1.82) is 0 Å². The van der Waals surface area contributed by atoms with Crippen molar-refractivity contribution in [3.05, 3.63) is 42.7 Å². The first-order valence-electron chi connectivity index (χ1n) is 9.32. The molecule has 1 atom stereocenters. The number of likely N-dealkylation sites (tertiary alicyclic amines) is 2. The predicted molar refractivity (Wildman–Crippen MR) is 98.3 cm³/mol. The molecule has 1 amide bonds. The Labute approximate surface area is 150 Å². The minimum absolute atomic E-state index is 0.0238. The molecule has 2 aliphatic heterocycles. The molecule has 1 aromatic heterocycles. The zero-order valence-electron chi connectivity index (χ0n) is 14.9. The first-order chi connectivity index (χ1) is 12.2. The normalized spacial score (nSPS) is 25.7. The van der Waals surface area contributed by atoms with Gasteiger partial charge in [0.2, 0.25) is 0 Å². The number of allylic oxidation sites excluding steroid dienone is 1. The molecule has 2 aliphatic rings. The Kier molecular flexibility index (Phi) is 5.86. The van der Waals surface area contributed by atoms with E-state index in [-0.39, 0.29) is 17.9 Å². The lowest BCUT2D eigenvalue weighted by atomic mass is 9.77. The number of carbonyl (C=O) groups is 1. The Hall–Kier alpha value is -1.72. The second-order valence-corrected chi connectivity index (χ2v) is 7.48. The number of aliphatic hydroxyl groups is 1. The standard InChI is InChI=1S/C20H29N3O2/c1-2-8-20(16-24)9-3-12-23(15-20)18-6-13-22(14-7-18)19(25)17-4-10-21-11-5-17/h2,4-5,10-11,18,24H,1,3,6-9,12-16H2. The monoisotopic (exact) mass is 343 g/mol. The Morgan fingerprint density at radius 1 is 1.32 bits per heavy atom. The molecule has 25 heavy (non-hydrogen) atoms. The molecule has 1 N–H and O–H groups in total. The van der Waals surface area contributed by atoms with Gasteiger partial charge in [0, 0.05) is 49.0 Å². The molecule has 2 saturated heterocycles. The van der Waals surface area contributed by atoms with Crippen molar-refractivity contribution in [2.75, 3.05) is 32.8 Å². The molecule has 3 rings (SSSR count). The Morgan fingerprint density at radius 3 is 2.68 bits per heavy atom. The zero-order valence-corrected chi connectivity index (χ0v) is 14.9. The minimum atomic E-state index is -0.0238. The van der Waals surface area contributed by atoms with E-state index in [1.54, 1.807) is 24.5 Å². The van der Waals surface area contributed by atoms with E-state index in [4.69, 9.17) is 0 Å². The van der Waals surface area contributed by atoms with Gasteiger partial charge in [0.05, 0.1) is 6.61 Å². The van der Waals surface area contributed by atoms with Gasteiger partial charge in [-0.05, 0) is 50.8 Å². The number of amides is 1. The van der Waals surface area contributed by atoms with Gasteiger partial charge in [-0.1, -0.05) is 6.08 Å². The summed E-state index contributed by atoms with van der Waals surface area (Å²) in [5.41, 5.74) is 0.695. The van der Waals surface area contributed by atoms with Gasteiger partial charge >= 0.3 is 0 Å². The van der Waals surface area contributed by atoms with Gasteiger partial charge in [0.25, 0.3) is 5.91 Å². The lowest BCUT2D eigenvalue weighted by molar-refractivity contribution is -0.000430. The summed E-state index contributed by atoms with van der Waals surface area (Å²) in [5.74, 6) is 0.107. The zero-order chi connectivity index (χ0) is 17.7. The molecule has 0 aliphatic carbocycles. The third kappa shape index (κ3) is 4.10. The van der Waals surface area contributed by atoms with Crippen LogP contribution in [0.15, 0.2) is 37.2 Å². The first kappa shape index (κ1) is 18.1. The van der Waals surface area contributed by atoms with Crippen LogP contribution in [0.4, 0.5) is 0 Å². The minimum Gasteiger partial charge on any atom is -0.396 e. The van der Waals surface area contributed by atoms with Gasteiger partial charge in [-0.3, -0.25) is 14.7 Å². The van der Waals surface area contributed by atoms with Crippen molar-refractivity contribution >= 4 is 5.91 Å². The van der Waals surface area contributed by atoms with E-state index >= 15 is 0 Å². The van der Waals surface area contributed by atoms with Crippen molar-refractivity contribution in [3.8, 4) is 0 Å². The number of rotatable bonds is 5. The first-order valence-corrected chi connectivity index (χ1v) is 9.32. The van der Waals surface area contributed by atoms with Gasteiger partial charge < -0.3 is 10.0 Å². The molecule has 0 aromatic carbocycles. The fourth-order valence-electron chi connectivity index (χ4n) is 4.34. The molecular weight excluding hydrogens is 314 g/mol. The average molecular weight is 343 g/mol. The molecule has 0 saturated carbocycles. The van der Waals surface area contributed by atoms with E-state index in [0.717, 1.165) is 63.8 Å². The molecule has 1 unspecified atom stereocenters. The second kappa shape index (κ2) is 8.11. The molecule has 1 aromatic rings. The van der Waals surface area contributed by atoms with E-state index in [9.17, 15) is 9.90 Å². The number of pyridine rings is 1. The van der Waals surface area contributed by atoms with Crippen molar-refractivity contribution in [2.45, 2.75) is 38.1 Å².